The van der Waals surface area contributed by atoms with Crippen molar-refractivity contribution < 1.29 is 60.8 Å². The molecule has 0 bridgehead atoms. The van der Waals surface area contributed by atoms with Crippen molar-refractivity contribution in [1.82, 2.24) is 9.55 Å². The third-order valence-electron chi connectivity index (χ3n) is 7.32. The van der Waals surface area contributed by atoms with Crippen molar-refractivity contribution in [2.24, 2.45) is 0 Å². The number of nitrogens with zero attached hydrogens (tertiary/aromatic N) is 4. The molecule has 0 saturated heterocycles. The molecule has 51 heavy (non-hydrogen) atoms. The van der Waals surface area contributed by atoms with Crippen molar-refractivity contribution >= 4 is 11.7 Å². The van der Waals surface area contributed by atoms with Crippen LogP contribution in [0.15, 0.2) is 122 Å². The van der Waals surface area contributed by atoms with E-state index in [0.29, 0.717) is 23.0 Å². The van der Waals surface area contributed by atoms with Crippen LogP contribution in [0.4, 0.5) is 5.69 Å². The third-order valence-corrected chi connectivity index (χ3v) is 7.32. The number of para-hydroxylation sites is 1. The molecule has 0 fully saturated rings. The Hall–Kier alpha value is -5.03. The van der Waals surface area contributed by atoms with Gasteiger partial charge in [0, 0.05) is 35.4 Å². The van der Waals surface area contributed by atoms with Gasteiger partial charge in [-0.15, -0.1) is 47.5 Å². The molecule has 3 heterocycles. The molecule has 1 aliphatic rings. The van der Waals surface area contributed by atoms with Crippen molar-refractivity contribution in [3.05, 3.63) is 164 Å². The van der Waals surface area contributed by atoms with Gasteiger partial charge in [-0.2, -0.15) is 36.4 Å². The summed E-state index contributed by atoms with van der Waals surface area (Å²) < 4.78 is 17.5. The number of aromatic nitrogens is 2. The Morgan fingerprint density at radius 1 is 0.765 bits per heavy atom. The van der Waals surface area contributed by atoms with Crippen LogP contribution in [0.25, 0.3) is 22.4 Å². The third kappa shape index (κ3) is 10.5. The normalized spacial score (nSPS) is 11.4. The van der Waals surface area contributed by atoms with E-state index in [-0.39, 0.29) is 47.5 Å². The summed E-state index contributed by atoms with van der Waals surface area (Å²) in [7, 11) is 1.92. The van der Waals surface area contributed by atoms with E-state index in [0.717, 1.165) is 33.6 Å². The first-order chi connectivity index (χ1) is 23.7. The van der Waals surface area contributed by atoms with Crippen molar-refractivity contribution in [3.8, 4) is 51.4 Å². The standard InChI is InChI=1S/C37H28N3O2.C6H4N.2Pt/c1-37(2,3)30-20-29(22-35(24-30)41-32-12-6-5-7-13-32)27-16-17-38-36(23-27)28-10-8-14-33(21-28)42-34-15-9-11-31(25-34)40-19-18-39(4)26-40;1-2-7-5-3-4-6-7;;/h5-12,14-15,17-20,23-24H,1-4H3;3-6H;;/q-3;-1;+2;+4. The predicted molar refractivity (Wildman–Crippen MR) is 188 cm³/mol. The molecule has 2 aromatic heterocycles. The van der Waals surface area contributed by atoms with Crippen LogP contribution in [-0.2, 0) is 47.5 Å². The molecule has 6 nitrogen and oxygen atoms in total. The molecule has 6 aromatic rings. The Bertz CT molecular complexity index is 2230. The zero-order chi connectivity index (χ0) is 34.2. The first-order valence-electron chi connectivity index (χ1n) is 15.6. The first kappa shape index (κ1) is 38.8. The molecule has 0 saturated carbocycles. The number of ether oxygens (including phenoxy) is 2. The van der Waals surface area contributed by atoms with Crippen molar-refractivity contribution in [3.63, 3.8) is 0 Å². The van der Waals surface area contributed by atoms with Crippen LogP contribution in [-0.4, -0.2) is 31.8 Å². The van der Waals surface area contributed by atoms with Crippen LogP contribution in [0.2, 0.25) is 0 Å². The zero-order valence-corrected chi connectivity index (χ0v) is 32.8. The summed E-state index contributed by atoms with van der Waals surface area (Å²) in [6.45, 7) is 6.53. The first-order valence-corrected chi connectivity index (χ1v) is 15.6. The van der Waals surface area contributed by atoms with Gasteiger partial charge in [0.1, 0.15) is 5.69 Å². The number of rotatable bonds is 7. The Labute approximate surface area is 329 Å². The van der Waals surface area contributed by atoms with Gasteiger partial charge in [-0.3, -0.25) is 11.1 Å². The smallest absolute Gasteiger partial charge is 0.669 e. The number of hydrogen-bond acceptors (Lipinski definition) is 3. The Balaban J connectivity index is 0.000000581. The molecule has 0 unspecified atom stereocenters. The van der Waals surface area contributed by atoms with E-state index in [2.05, 4.69) is 74.2 Å². The minimum Gasteiger partial charge on any atom is -0.669 e. The van der Waals surface area contributed by atoms with Crippen LogP contribution in [0, 0.1) is 42.8 Å². The summed E-state index contributed by atoms with van der Waals surface area (Å²) in [6.07, 6.45) is 15.6. The van der Waals surface area contributed by atoms with Gasteiger partial charge in [-0.05, 0) is 17.5 Å². The van der Waals surface area contributed by atoms with Crippen LogP contribution in [0.3, 0.4) is 0 Å². The second kappa shape index (κ2) is 17.8. The van der Waals surface area contributed by atoms with E-state index in [1.54, 1.807) is 23.2 Å². The van der Waals surface area contributed by atoms with Crippen molar-refractivity contribution in [2.75, 3.05) is 7.05 Å². The topological polar surface area (TPSA) is 42.3 Å². The number of benzene rings is 4. The minimum atomic E-state index is -0.0942. The SMILES string of the molecule is C[N+]1=C=[N+](c2[c-]c(Oc3[c-]c(-c4cc(-c5[c-]c(Oc6[c-]cccc6)cc(C(C)(C)C)c5)[c-]cn4)ccc3)ccc2)C=C1.[C-]#Cn1cccc1.[Pt+2].[Pt+4]. The van der Waals surface area contributed by atoms with Gasteiger partial charge in [0.2, 0.25) is 6.20 Å². The van der Waals surface area contributed by atoms with E-state index < -0.39 is 0 Å². The summed E-state index contributed by atoms with van der Waals surface area (Å²) in [5.74, 6) is 2.41. The zero-order valence-electron chi connectivity index (χ0n) is 28.3. The van der Waals surface area contributed by atoms with Gasteiger partial charge in [-0.25, -0.2) is 18.2 Å². The molecule has 0 aliphatic carbocycles. The second-order valence-electron chi connectivity index (χ2n) is 12.1. The van der Waals surface area contributed by atoms with Gasteiger partial charge in [0.05, 0.1) is 0 Å². The summed E-state index contributed by atoms with van der Waals surface area (Å²) >= 11 is 0. The molecule has 4 aromatic carbocycles. The van der Waals surface area contributed by atoms with E-state index in [1.165, 1.54) is 0 Å². The molecule has 8 heteroatoms. The summed E-state index contributed by atoms with van der Waals surface area (Å²) in [6, 6.07) is 50.7. The van der Waals surface area contributed by atoms with Gasteiger partial charge < -0.3 is 25.4 Å². The summed E-state index contributed by atoms with van der Waals surface area (Å²) in [4.78, 5) is 4.59. The fraction of sp³-hybridized carbons (Fsp3) is 0.116. The van der Waals surface area contributed by atoms with Gasteiger partial charge >= 0.3 is 48.1 Å². The Kier molecular flexibility index (Phi) is 13.5. The average Bonchev–Trinajstić information content (AvgIpc) is 3.81. The quantitative estimate of drug-likeness (QED) is 0.0912. The van der Waals surface area contributed by atoms with Gasteiger partial charge in [-0.1, -0.05) is 66.1 Å². The van der Waals surface area contributed by atoms with Crippen molar-refractivity contribution in [1.29, 1.82) is 0 Å². The average molecular weight is 1030 g/mol. The maximum Gasteiger partial charge on any atom is 4.00 e. The monoisotopic (exact) mass is 1030 g/mol. The molecule has 7 rings (SSSR count). The molecule has 0 amide bonds. The van der Waals surface area contributed by atoms with E-state index in [4.69, 9.17) is 15.9 Å². The second-order valence-corrected chi connectivity index (χ2v) is 12.1. The van der Waals surface area contributed by atoms with Crippen LogP contribution in [0.5, 0.6) is 23.0 Å². The Morgan fingerprint density at radius 3 is 2.14 bits per heavy atom. The van der Waals surface area contributed by atoms with E-state index >= 15 is 0 Å². The minimum absolute atomic E-state index is 0. The van der Waals surface area contributed by atoms with Crippen molar-refractivity contribution in [2.45, 2.75) is 26.2 Å². The molecule has 0 atom stereocenters. The van der Waals surface area contributed by atoms with Crippen LogP contribution in [0.1, 0.15) is 26.3 Å². The molecule has 0 spiro atoms. The maximum atomic E-state index is 6.57. The molecular weight excluding hydrogens is 995 g/mol. The van der Waals surface area contributed by atoms with Crippen LogP contribution < -0.4 is 9.47 Å². The predicted octanol–water partition coefficient (Wildman–Crippen LogP) is 9.12. The van der Waals surface area contributed by atoms with E-state index in [1.807, 2.05) is 114 Å². The molecular formula is C43H32N4O2Pt2+2. The Morgan fingerprint density at radius 2 is 1.47 bits per heavy atom. The molecule has 1 aliphatic heterocycles. The summed E-state index contributed by atoms with van der Waals surface area (Å²) in [5.41, 5.74) is 5.12. The van der Waals surface area contributed by atoms with Gasteiger partial charge in [0.15, 0.2) is 7.05 Å². The van der Waals surface area contributed by atoms with Crippen LogP contribution >= 0.6 is 0 Å². The number of hydrogen-bond donors (Lipinski definition) is 0. The fourth-order valence-electron chi connectivity index (χ4n) is 4.78. The molecule has 254 valence electrons. The van der Waals surface area contributed by atoms with E-state index in [9.17, 15) is 0 Å². The largest absolute Gasteiger partial charge is 4.00 e. The number of pyridine rings is 1. The maximum absolute atomic E-state index is 6.57. The van der Waals surface area contributed by atoms with Gasteiger partial charge in [0.25, 0.3) is 6.20 Å². The summed E-state index contributed by atoms with van der Waals surface area (Å²) in [5, 5.41) is 0. The fourth-order valence-corrected chi connectivity index (χ4v) is 4.78. The molecule has 0 N–H and O–H groups in total. The molecule has 0 radical (unpaired) electrons.